The van der Waals surface area contributed by atoms with E-state index in [1.807, 2.05) is 0 Å². The van der Waals surface area contributed by atoms with Crippen molar-refractivity contribution in [2.75, 3.05) is 39.3 Å². The number of piperazine rings is 1. The summed E-state index contributed by atoms with van der Waals surface area (Å²) in [7, 11) is 0. The normalized spacial score (nSPS) is 23.3. The monoisotopic (exact) mass is 333 g/mol. The van der Waals surface area contributed by atoms with Gasteiger partial charge in [-0.3, -0.25) is 9.69 Å². The molecule has 0 bridgehead atoms. The number of rotatable bonds is 6. The Morgan fingerprint density at radius 1 is 1.12 bits per heavy atom. The Morgan fingerprint density at radius 2 is 1.88 bits per heavy atom. The van der Waals surface area contributed by atoms with E-state index in [-0.39, 0.29) is 11.6 Å². The van der Waals surface area contributed by atoms with E-state index in [0.717, 1.165) is 45.7 Å². The molecule has 1 N–H and O–H groups in total. The fraction of sp³-hybridized carbons (Fsp3) is 0.632. The number of Topliss-reactive ketones (excluding diaryl/α,β-unsaturated/α-hetero) is 1. The average Bonchev–Trinajstić information content (AvgIpc) is 2.63. The van der Waals surface area contributed by atoms with Crippen LogP contribution in [-0.2, 0) is 0 Å². The minimum Gasteiger partial charge on any atom is -0.302 e. The third-order valence-electron chi connectivity index (χ3n) is 5.18. The SMILES string of the molecule is O=C(CCCN1CCN(C2CCCCN2)CC1)c1ccc(F)cc1. The smallest absolute Gasteiger partial charge is 0.162 e. The number of ketones is 1. The molecular weight excluding hydrogens is 305 g/mol. The number of halogens is 1. The van der Waals surface area contributed by atoms with Crippen LogP contribution in [-0.4, -0.2) is 61.0 Å². The van der Waals surface area contributed by atoms with Gasteiger partial charge < -0.3 is 10.2 Å². The topological polar surface area (TPSA) is 35.6 Å². The molecule has 1 aromatic carbocycles. The zero-order valence-electron chi connectivity index (χ0n) is 14.3. The summed E-state index contributed by atoms with van der Waals surface area (Å²) in [5.74, 6) is -0.183. The maximum Gasteiger partial charge on any atom is 0.162 e. The predicted octanol–water partition coefficient (Wildman–Crippen LogP) is 2.51. The van der Waals surface area contributed by atoms with E-state index in [1.165, 1.54) is 31.4 Å². The van der Waals surface area contributed by atoms with Crippen LogP contribution in [0.2, 0.25) is 0 Å². The molecule has 0 radical (unpaired) electrons. The van der Waals surface area contributed by atoms with E-state index >= 15 is 0 Å². The van der Waals surface area contributed by atoms with Crippen molar-refractivity contribution in [1.29, 1.82) is 0 Å². The van der Waals surface area contributed by atoms with Crippen LogP contribution in [0, 0.1) is 5.82 Å². The van der Waals surface area contributed by atoms with Crippen molar-refractivity contribution in [1.82, 2.24) is 15.1 Å². The van der Waals surface area contributed by atoms with E-state index in [9.17, 15) is 9.18 Å². The van der Waals surface area contributed by atoms with Crippen LogP contribution >= 0.6 is 0 Å². The van der Waals surface area contributed by atoms with E-state index < -0.39 is 0 Å². The molecule has 4 nitrogen and oxygen atoms in total. The standard InChI is InChI=1S/C19H28FN3O/c20-17-8-6-16(7-9-17)18(24)4-3-11-22-12-14-23(15-13-22)19-5-1-2-10-21-19/h6-9,19,21H,1-5,10-15H2. The Balaban J connectivity index is 1.34. The second kappa shape index (κ2) is 8.70. The van der Waals surface area contributed by atoms with Gasteiger partial charge in [0.15, 0.2) is 5.78 Å². The van der Waals surface area contributed by atoms with Gasteiger partial charge in [-0.25, -0.2) is 4.39 Å². The molecule has 0 aliphatic carbocycles. The molecule has 0 saturated carbocycles. The Morgan fingerprint density at radius 3 is 2.54 bits per heavy atom. The molecule has 0 aromatic heterocycles. The quantitative estimate of drug-likeness (QED) is 0.812. The van der Waals surface area contributed by atoms with Crippen molar-refractivity contribution in [3.63, 3.8) is 0 Å². The lowest BCUT2D eigenvalue weighted by atomic mass is 10.1. The molecule has 132 valence electrons. The van der Waals surface area contributed by atoms with Gasteiger partial charge in [0, 0.05) is 38.2 Å². The molecule has 2 aliphatic heterocycles. The number of hydrogen-bond donors (Lipinski definition) is 1. The summed E-state index contributed by atoms with van der Waals surface area (Å²) in [6.07, 6.45) is 5.89. The van der Waals surface area contributed by atoms with Crippen LogP contribution in [0.3, 0.4) is 0 Å². The van der Waals surface area contributed by atoms with Gasteiger partial charge in [0.2, 0.25) is 0 Å². The van der Waals surface area contributed by atoms with Gasteiger partial charge in [-0.2, -0.15) is 0 Å². The molecule has 5 heteroatoms. The maximum atomic E-state index is 12.9. The zero-order chi connectivity index (χ0) is 16.8. The van der Waals surface area contributed by atoms with Gasteiger partial charge in [0.1, 0.15) is 5.82 Å². The average molecular weight is 333 g/mol. The Kier molecular flexibility index (Phi) is 6.35. The van der Waals surface area contributed by atoms with Crippen LogP contribution in [0.4, 0.5) is 4.39 Å². The summed E-state index contributed by atoms with van der Waals surface area (Å²) < 4.78 is 12.9. The highest BCUT2D eigenvalue weighted by molar-refractivity contribution is 5.95. The molecule has 2 aliphatic rings. The lowest BCUT2D eigenvalue weighted by molar-refractivity contribution is 0.0671. The first-order valence-corrected chi connectivity index (χ1v) is 9.21. The van der Waals surface area contributed by atoms with Crippen molar-refractivity contribution in [3.8, 4) is 0 Å². The summed E-state index contributed by atoms with van der Waals surface area (Å²) in [6.45, 7) is 6.52. The summed E-state index contributed by atoms with van der Waals surface area (Å²) >= 11 is 0. The number of benzene rings is 1. The largest absolute Gasteiger partial charge is 0.302 e. The zero-order valence-corrected chi connectivity index (χ0v) is 14.3. The van der Waals surface area contributed by atoms with Gasteiger partial charge in [-0.15, -0.1) is 0 Å². The third-order valence-corrected chi connectivity index (χ3v) is 5.18. The Hall–Kier alpha value is -1.30. The molecule has 1 atom stereocenters. The first kappa shape index (κ1) is 17.5. The predicted molar refractivity (Wildman–Crippen MR) is 93.6 cm³/mol. The molecule has 1 aromatic rings. The third kappa shape index (κ3) is 4.85. The molecule has 3 rings (SSSR count). The van der Waals surface area contributed by atoms with Gasteiger partial charge in [0.05, 0.1) is 6.17 Å². The summed E-state index contributed by atoms with van der Waals surface area (Å²) in [6, 6.07) is 5.86. The Labute approximate surface area is 144 Å². The number of nitrogens with one attached hydrogen (secondary N) is 1. The molecule has 0 spiro atoms. The summed E-state index contributed by atoms with van der Waals surface area (Å²) in [4.78, 5) is 17.1. The molecule has 0 amide bonds. The van der Waals surface area contributed by atoms with Crippen LogP contribution in [0.5, 0.6) is 0 Å². The molecule has 24 heavy (non-hydrogen) atoms. The minimum atomic E-state index is -0.295. The fourth-order valence-corrected chi connectivity index (χ4v) is 3.69. The second-order valence-corrected chi connectivity index (χ2v) is 6.88. The number of carbonyl (C=O) groups is 1. The van der Waals surface area contributed by atoms with E-state index in [1.54, 1.807) is 12.1 Å². The fourth-order valence-electron chi connectivity index (χ4n) is 3.69. The highest BCUT2D eigenvalue weighted by Gasteiger charge is 2.24. The first-order valence-electron chi connectivity index (χ1n) is 9.21. The summed E-state index contributed by atoms with van der Waals surface area (Å²) in [5.41, 5.74) is 0.615. The van der Waals surface area contributed by atoms with Gasteiger partial charge in [-0.05, 0) is 63.0 Å². The Bertz CT molecular complexity index is 520. The van der Waals surface area contributed by atoms with Crippen LogP contribution < -0.4 is 5.32 Å². The second-order valence-electron chi connectivity index (χ2n) is 6.88. The first-order chi connectivity index (χ1) is 11.7. The van der Waals surface area contributed by atoms with Crippen molar-refractivity contribution >= 4 is 5.78 Å². The lowest BCUT2D eigenvalue weighted by Gasteiger charge is -2.41. The summed E-state index contributed by atoms with van der Waals surface area (Å²) in [5, 5.41) is 3.62. The van der Waals surface area contributed by atoms with E-state index in [0.29, 0.717) is 18.2 Å². The van der Waals surface area contributed by atoms with Gasteiger partial charge in [-0.1, -0.05) is 0 Å². The van der Waals surface area contributed by atoms with Crippen molar-refractivity contribution in [2.45, 2.75) is 38.3 Å². The number of hydrogen-bond acceptors (Lipinski definition) is 4. The number of carbonyl (C=O) groups excluding carboxylic acids is 1. The highest BCUT2D eigenvalue weighted by Crippen LogP contribution is 2.14. The highest BCUT2D eigenvalue weighted by atomic mass is 19.1. The van der Waals surface area contributed by atoms with E-state index in [4.69, 9.17) is 0 Å². The molecule has 1 unspecified atom stereocenters. The molecule has 2 heterocycles. The lowest BCUT2D eigenvalue weighted by Crippen LogP contribution is -2.55. The van der Waals surface area contributed by atoms with E-state index in [2.05, 4.69) is 15.1 Å². The van der Waals surface area contributed by atoms with Crippen LogP contribution in [0.15, 0.2) is 24.3 Å². The van der Waals surface area contributed by atoms with Crippen molar-refractivity contribution < 1.29 is 9.18 Å². The van der Waals surface area contributed by atoms with Gasteiger partial charge >= 0.3 is 0 Å². The molecule has 2 fully saturated rings. The minimum absolute atomic E-state index is 0.111. The molecular formula is C19H28FN3O. The number of nitrogens with zero attached hydrogens (tertiary/aromatic N) is 2. The molecule has 2 saturated heterocycles. The van der Waals surface area contributed by atoms with Crippen LogP contribution in [0.1, 0.15) is 42.5 Å². The number of piperidine rings is 1. The van der Waals surface area contributed by atoms with Crippen molar-refractivity contribution in [2.24, 2.45) is 0 Å². The van der Waals surface area contributed by atoms with Gasteiger partial charge in [0.25, 0.3) is 0 Å². The van der Waals surface area contributed by atoms with Crippen molar-refractivity contribution in [3.05, 3.63) is 35.6 Å². The van der Waals surface area contributed by atoms with Crippen LogP contribution in [0.25, 0.3) is 0 Å². The maximum absolute atomic E-state index is 12.9.